The molecule has 2 aliphatic carbocycles. The van der Waals surface area contributed by atoms with Crippen LogP contribution in [0.2, 0.25) is 0 Å². The maximum absolute atomic E-state index is 13.0. The van der Waals surface area contributed by atoms with Crippen molar-refractivity contribution in [1.29, 1.82) is 0 Å². The summed E-state index contributed by atoms with van der Waals surface area (Å²) < 4.78 is 5.29. The van der Waals surface area contributed by atoms with E-state index in [9.17, 15) is 9.59 Å². The van der Waals surface area contributed by atoms with E-state index in [4.69, 9.17) is 4.52 Å². The molecule has 142 valence electrons. The van der Waals surface area contributed by atoms with Gasteiger partial charge in [-0.05, 0) is 43.7 Å². The molecule has 0 bridgehead atoms. The molecule has 2 aromatic heterocycles. The van der Waals surface area contributed by atoms with E-state index in [1.807, 2.05) is 18.2 Å². The summed E-state index contributed by atoms with van der Waals surface area (Å²) in [5.74, 6) is 1.04. The second kappa shape index (κ2) is 8.03. The van der Waals surface area contributed by atoms with Crippen LogP contribution in [-0.2, 0) is 11.2 Å². The maximum Gasteiger partial charge on any atom is 0.274 e. The summed E-state index contributed by atoms with van der Waals surface area (Å²) in [5, 5.41) is 6.87. The van der Waals surface area contributed by atoms with Gasteiger partial charge in [0.25, 0.3) is 5.91 Å². The Kier molecular flexibility index (Phi) is 5.32. The molecular formula is C21H25N3O3. The Bertz CT molecular complexity index is 792. The number of Topliss-reactive ketones (excluding diaryl/α,β-unsaturated/α-hetero) is 1. The van der Waals surface area contributed by atoms with Gasteiger partial charge >= 0.3 is 0 Å². The van der Waals surface area contributed by atoms with Crippen molar-refractivity contribution >= 4 is 11.7 Å². The molecule has 4 rings (SSSR count). The van der Waals surface area contributed by atoms with Gasteiger partial charge < -0.3 is 9.84 Å². The molecule has 1 amide bonds. The molecule has 0 aliphatic heterocycles. The number of hydrogen-bond acceptors (Lipinski definition) is 5. The van der Waals surface area contributed by atoms with E-state index >= 15 is 0 Å². The van der Waals surface area contributed by atoms with Crippen molar-refractivity contribution in [3.63, 3.8) is 0 Å². The third-order valence-electron chi connectivity index (χ3n) is 5.58. The molecule has 27 heavy (non-hydrogen) atoms. The van der Waals surface area contributed by atoms with Crippen molar-refractivity contribution in [3.05, 3.63) is 47.6 Å². The summed E-state index contributed by atoms with van der Waals surface area (Å²) in [7, 11) is 0. The third kappa shape index (κ3) is 4.43. The molecule has 6 heteroatoms. The number of hydrogen-bond donors (Lipinski definition) is 1. The minimum absolute atomic E-state index is 0.0138. The van der Waals surface area contributed by atoms with Gasteiger partial charge in [0.05, 0.1) is 12.5 Å². The minimum Gasteiger partial charge on any atom is -0.360 e. The second-order valence-electron chi connectivity index (χ2n) is 7.70. The van der Waals surface area contributed by atoms with Gasteiger partial charge in [0.2, 0.25) is 0 Å². The zero-order valence-electron chi connectivity index (χ0n) is 15.4. The Morgan fingerprint density at radius 2 is 1.96 bits per heavy atom. The van der Waals surface area contributed by atoms with Gasteiger partial charge in [0.15, 0.2) is 11.5 Å². The van der Waals surface area contributed by atoms with Gasteiger partial charge in [-0.25, -0.2) is 0 Å². The molecule has 1 N–H and O–H groups in total. The first-order valence-corrected chi connectivity index (χ1v) is 9.91. The van der Waals surface area contributed by atoms with Crippen LogP contribution in [0.25, 0.3) is 0 Å². The predicted octanol–water partition coefficient (Wildman–Crippen LogP) is 3.44. The molecule has 2 fully saturated rings. The molecule has 1 atom stereocenters. The van der Waals surface area contributed by atoms with Gasteiger partial charge in [0.1, 0.15) is 5.76 Å². The van der Waals surface area contributed by atoms with Crippen molar-refractivity contribution < 1.29 is 14.1 Å². The first-order chi connectivity index (χ1) is 13.2. The first-order valence-electron chi connectivity index (χ1n) is 9.91. The fraction of sp³-hybridized carbons (Fsp3) is 0.524. The molecule has 2 saturated carbocycles. The highest BCUT2D eigenvalue weighted by molar-refractivity contribution is 5.97. The van der Waals surface area contributed by atoms with E-state index < -0.39 is 6.04 Å². The van der Waals surface area contributed by atoms with Gasteiger partial charge in [0, 0.05) is 23.9 Å². The van der Waals surface area contributed by atoms with Gasteiger partial charge in [-0.3, -0.25) is 14.6 Å². The lowest BCUT2D eigenvalue weighted by Gasteiger charge is -2.29. The van der Waals surface area contributed by atoms with Crippen LogP contribution in [0.3, 0.4) is 0 Å². The Morgan fingerprint density at radius 3 is 2.67 bits per heavy atom. The molecule has 2 heterocycles. The summed E-state index contributed by atoms with van der Waals surface area (Å²) in [6, 6.07) is 6.77. The highest BCUT2D eigenvalue weighted by atomic mass is 16.5. The van der Waals surface area contributed by atoms with E-state index in [-0.39, 0.29) is 29.7 Å². The SMILES string of the molecule is O=C(NC(C(=O)Cc1ccccn1)C1CCCCC1)c1cc(C2CC2)on1. The van der Waals surface area contributed by atoms with E-state index in [0.717, 1.165) is 50.0 Å². The topological polar surface area (TPSA) is 85.1 Å². The van der Waals surface area contributed by atoms with Gasteiger partial charge in [-0.1, -0.05) is 30.5 Å². The zero-order chi connectivity index (χ0) is 18.6. The molecule has 0 spiro atoms. The fourth-order valence-electron chi connectivity index (χ4n) is 3.89. The Morgan fingerprint density at radius 1 is 1.15 bits per heavy atom. The monoisotopic (exact) mass is 367 g/mol. The number of pyridine rings is 1. The molecule has 0 saturated heterocycles. The number of ketones is 1. The maximum atomic E-state index is 13.0. The van der Waals surface area contributed by atoms with E-state index in [1.165, 1.54) is 6.42 Å². The average Bonchev–Trinajstić information content (AvgIpc) is 3.44. The van der Waals surface area contributed by atoms with Crippen LogP contribution in [-0.4, -0.2) is 27.9 Å². The highest BCUT2D eigenvalue weighted by Gasteiger charge is 2.33. The standard InChI is InChI=1S/C21H25N3O3/c25-18(12-16-8-4-5-11-22-16)20(15-6-2-1-3-7-15)23-21(26)17-13-19(27-24-17)14-9-10-14/h4-5,8,11,13-15,20H,1-3,6-7,9-10,12H2,(H,23,26). The summed E-state index contributed by atoms with van der Waals surface area (Å²) >= 11 is 0. The van der Waals surface area contributed by atoms with Crippen LogP contribution in [0.1, 0.15) is 72.8 Å². The zero-order valence-corrected chi connectivity index (χ0v) is 15.4. The van der Waals surface area contributed by atoms with E-state index in [2.05, 4.69) is 15.5 Å². The number of carbonyl (C=O) groups excluding carboxylic acids is 2. The van der Waals surface area contributed by atoms with Crippen LogP contribution in [0.5, 0.6) is 0 Å². The van der Waals surface area contributed by atoms with Crippen molar-refractivity contribution in [2.45, 2.75) is 63.3 Å². The average molecular weight is 367 g/mol. The Labute approximate surface area is 158 Å². The number of carbonyl (C=O) groups is 2. The third-order valence-corrected chi connectivity index (χ3v) is 5.58. The fourth-order valence-corrected chi connectivity index (χ4v) is 3.89. The molecule has 0 aromatic carbocycles. The normalized spacial score (nSPS) is 18.8. The van der Waals surface area contributed by atoms with Crippen LogP contribution >= 0.6 is 0 Å². The molecule has 2 aliphatic rings. The number of nitrogens with zero attached hydrogens (tertiary/aromatic N) is 2. The number of rotatable bonds is 7. The number of amides is 1. The van der Waals surface area contributed by atoms with Crippen molar-refractivity contribution in [2.24, 2.45) is 5.92 Å². The molecule has 0 radical (unpaired) electrons. The van der Waals surface area contributed by atoms with Crippen molar-refractivity contribution in [2.75, 3.05) is 0 Å². The van der Waals surface area contributed by atoms with Crippen LogP contribution < -0.4 is 5.32 Å². The molecule has 2 aromatic rings. The highest BCUT2D eigenvalue weighted by Crippen LogP contribution is 2.40. The lowest BCUT2D eigenvalue weighted by Crippen LogP contribution is -2.47. The smallest absolute Gasteiger partial charge is 0.274 e. The summed E-state index contributed by atoms with van der Waals surface area (Å²) in [4.78, 5) is 30.0. The Hall–Kier alpha value is -2.50. The number of aromatic nitrogens is 2. The predicted molar refractivity (Wildman–Crippen MR) is 99.3 cm³/mol. The van der Waals surface area contributed by atoms with Crippen LogP contribution in [0, 0.1) is 5.92 Å². The number of nitrogens with one attached hydrogen (secondary N) is 1. The lowest BCUT2D eigenvalue weighted by molar-refractivity contribution is -0.121. The quantitative estimate of drug-likeness (QED) is 0.810. The van der Waals surface area contributed by atoms with Crippen molar-refractivity contribution in [3.8, 4) is 0 Å². The Balaban J connectivity index is 1.47. The van der Waals surface area contributed by atoms with Gasteiger partial charge in [-0.15, -0.1) is 0 Å². The van der Waals surface area contributed by atoms with Gasteiger partial charge in [-0.2, -0.15) is 0 Å². The van der Waals surface area contributed by atoms with E-state index in [1.54, 1.807) is 12.3 Å². The summed E-state index contributed by atoms with van der Waals surface area (Å²) in [6.45, 7) is 0. The minimum atomic E-state index is -0.499. The molecular weight excluding hydrogens is 342 g/mol. The van der Waals surface area contributed by atoms with E-state index in [0.29, 0.717) is 5.92 Å². The molecule has 6 nitrogen and oxygen atoms in total. The second-order valence-corrected chi connectivity index (χ2v) is 7.70. The summed E-state index contributed by atoms with van der Waals surface area (Å²) in [5.41, 5.74) is 0.998. The van der Waals surface area contributed by atoms with Crippen LogP contribution in [0.15, 0.2) is 35.0 Å². The van der Waals surface area contributed by atoms with Crippen molar-refractivity contribution in [1.82, 2.24) is 15.5 Å². The lowest BCUT2D eigenvalue weighted by atomic mass is 9.81. The first kappa shape index (κ1) is 17.9. The molecule has 1 unspecified atom stereocenters. The van der Waals surface area contributed by atoms with Crippen LogP contribution in [0.4, 0.5) is 0 Å². The largest absolute Gasteiger partial charge is 0.360 e. The summed E-state index contributed by atoms with van der Waals surface area (Å²) in [6.07, 6.45) is 9.41.